The van der Waals surface area contributed by atoms with E-state index >= 15 is 0 Å². The number of phenols is 1. The molecule has 2 N–H and O–H groups in total. The molecule has 0 amide bonds. The van der Waals surface area contributed by atoms with Gasteiger partial charge in [-0.25, -0.2) is 0 Å². The first kappa shape index (κ1) is 12.6. The Balaban J connectivity index is 1.81. The minimum atomic E-state index is 0.267. The van der Waals surface area contributed by atoms with E-state index in [1.165, 1.54) is 17.9 Å². The number of fused-ring (bicyclic) bond motifs is 1. The molecule has 1 atom stereocenters. The Kier molecular flexibility index (Phi) is 4.57. The van der Waals surface area contributed by atoms with Crippen LogP contribution in [-0.2, 0) is 0 Å². The van der Waals surface area contributed by atoms with Gasteiger partial charge in [-0.2, -0.15) is 11.8 Å². The van der Waals surface area contributed by atoms with Crippen molar-refractivity contribution in [1.82, 2.24) is 5.32 Å². The molecule has 1 aromatic rings. The second-order valence-corrected chi connectivity index (χ2v) is 5.48. The van der Waals surface area contributed by atoms with Gasteiger partial charge in [0.2, 0.25) is 0 Å². The first-order valence-electron chi connectivity index (χ1n) is 6.08. The molecule has 17 heavy (non-hydrogen) atoms. The molecule has 0 saturated heterocycles. The molecular weight excluding hydrogens is 234 g/mol. The molecule has 1 aromatic carbocycles. The van der Waals surface area contributed by atoms with Gasteiger partial charge in [-0.3, -0.25) is 0 Å². The molecule has 94 valence electrons. The Morgan fingerprint density at radius 1 is 1.53 bits per heavy atom. The maximum atomic E-state index is 9.35. The zero-order valence-electron chi connectivity index (χ0n) is 10.1. The van der Waals surface area contributed by atoms with Crippen molar-refractivity contribution in [3.05, 3.63) is 23.8 Å². The highest BCUT2D eigenvalue weighted by Crippen LogP contribution is 2.34. The number of rotatable bonds is 6. The summed E-state index contributed by atoms with van der Waals surface area (Å²) in [7, 11) is 0. The minimum absolute atomic E-state index is 0.267. The van der Waals surface area contributed by atoms with E-state index in [1.807, 2.05) is 17.8 Å². The maximum absolute atomic E-state index is 9.35. The summed E-state index contributed by atoms with van der Waals surface area (Å²) in [5.41, 5.74) is 1.16. The third-order valence-corrected chi connectivity index (χ3v) is 3.82. The van der Waals surface area contributed by atoms with Gasteiger partial charge in [-0.05, 0) is 36.6 Å². The molecule has 0 aliphatic carbocycles. The molecule has 2 rings (SSSR count). The molecule has 0 radical (unpaired) electrons. The molecule has 0 fully saturated rings. The molecule has 3 nitrogen and oxygen atoms in total. The van der Waals surface area contributed by atoms with Gasteiger partial charge in [0.05, 0.1) is 6.04 Å². The lowest BCUT2D eigenvalue weighted by Gasteiger charge is -2.11. The molecule has 1 heterocycles. The Labute approximate surface area is 107 Å². The van der Waals surface area contributed by atoms with Gasteiger partial charge in [0.15, 0.2) is 0 Å². The minimum Gasteiger partial charge on any atom is -0.508 e. The summed E-state index contributed by atoms with van der Waals surface area (Å²) < 4.78 is 5.54. The fourth-order valence-corrected chi connectivity index (χ4v) is 2.60. The number of aromatic hydroxyl groups is 1. The molecule has 1 unspecified atom stereocenters. The van der Waals surface area contributed by atoms with E-state index in [0.29, 0.717) is 6.61 Å². The van der Waals surface area contributed by atoms with Gasteiger partial charge >= 0.3 is 0 Å². The topological polar surface area (TPSA) is 41.5 Å². The largest absolute Gasteiger partial charge is 0.508 e. The third-order valence-electron chi connectivity index (χ3n) is 2.84. The van der Waals surface area contributed by atoms with Crippen molar-refractivity contribution in [1.29, 1.82) is 0 Å². The molecule has 0 bridgehead atoms. The fraction of sp³-hybridized carbons (Fsp3) is 0.538. The summed E-state index contributed by atoms with van der Waals surface area (Å²) in [6.45, 7) is 3.87. The number of phenolic OH excluding ortho intramolecular Hbond substituents is 1. The Bertz CT molecular complexity index is 370. The van der Waals surface area contributed by atoms with Crippen molar-refractivity contribution in [2.75, 3.05) is 24.7 Å². The molecule has 0 aromatic heterocycles. The highest BCUT2D eigenvalue weighted by atomic mass is 32.2. The van der Waals surface area contributed by atoms with E-state index in [4.69, 9.17) is 4.74 Å². The highest BCUT2D eigenvalue weighted by molar-refractivity contribution is 7.99. The lowest BCUT2D eigenvalue weighted by molar-refractivity contribution is 0.311. The molecule has 1 aliphatic rings. The molecule has 0 spiro atoms. The summed E-state index contributed by atoms with van der Waals surface area (Å²) in [6.07, 6.45) is 1.18. The lowest BCUT2D eigenvalue weighted by Crippen LogP contribution is -2.23. The third kappa shape index (κ3) is 3.30. The number of benzene rings is 1. The summed E-state index contributed by atoms with van der Waals surface area (Å²) >= 11 is 1.97. The van der Waals surface area contributed by atoms with Crippen LogP contribution in [0.5, 0.6) is 11.5 Å². The summed E-state index contributed by atoms with van der Waals surface area (Å²) in [4.78, 5) is 0. The van der Waals surface area contributed by atoms with Crippen LogP contribution in [0.1, 0.15) is 24.9 Å². The first-order valence-corrected chi connectivity index (χ1v) is 7.23. The van der Waals surface area contributed by atoms with E-state index in [0.717, 1.165) is 17.9 Å². The summed E-state index contributed by atoms with van der Waals surface area (Å²) in [5, 5.41) is 12.8. The van der Waals surface area contributed by atoms with Crippen molar-refractivity contribution in [2.45, 2.75) is 19.4 Å². The number of nitrogens with one attached hydrogen (secondary N) is 1. The van der Waals surface area contributed by atoms with Gasteiger partial charge in [0.1, 0.15) is 18.1 Å². The van der Waals surface area contributed by atoms with Crippen LogP contribution in [0.25, 0.3) is 0 Å². The Morgan fingerprint density at radius 3 is 3.24 bits per heavy atom. The van der Waals surface area contributed by atoms with E-state index in [1.54, 1.807) is 12.1 Å². The quantitative estimate of drug-likeness (QED) is 0.765. The van der Waals surface area contributed by atoms with Gasteiger partial charge in [-0.1, -0.05) is 6.92 Å². The number of hydrogen-bond donors (Lipinski definition) is 2. The first-order chi connectivity index (χ1) is 8.31. The second-order valence-electron chi connectivity index (χ2n) is 4.09. The van der Waals surface area contributed by atoms with Crippen molar-refractivity contribution in [3.8, 4) is 11.5 Å². The van der Waals surface area contributed by atoms with E-state index in [2.05, 4.69) is 12.2 Å². The zero-order chi connectivity index (χ0) is 12.1. The number of thioether (sulfide) groups is 1. The summed E-state index contributed by atoms with van der Waals surface area (Å²) in [5.74, 6) is 3.47. The molecule has 4 heteroatoms. The highest BCUT2D eigenvalue weighted by Gasteiger charge is 2.23. The Morgan fingerprint density at radius 2 is 2.41 bits per heavy atom. The smallest absolute Gasteiger partial charge is 0.127 e. The van der Waals surface area contributed by atoms with Crippen LogP contribution < -0.4 is 10.1 Å². The van der Waals surface area contributed by atoms with Gasteiger partial charge < -0.3 is 15.2 Å². The molecule has 1 aliphatic heterocycles. The van der Waals surface area contributed by atoms with E-state index in [-0.39, 0.29) is 11.8 Å². The van der Waals surface area contributed by atoms with Crippen molar-refractivity contribution in [3.63, 3.8) is 0 Å². The van der Waals surface area contributed by atoms with Crippen LogP contribution in [0.2, 0.25) is 0 Å². The van der Waals surface area contributed by atoms with Crippen LogP contribution in [0.4, 0.5) is 0 Å². The lowest BCUT2D eigenvalue weighted by atomic mass is 10.1. The average molecular weight is 253 g/mol. The van der Waals surface area contributed by atoms with Crippen molar-refractivity contribution in [2.24, 2.45) is 0 Å². The van der Waals surface area contributed by atoms with Crippen LogP contribution in [-0.4, -0.2) is 29.8 Å². The normalized spacial score (nSPS) is 17.8. The summed E-state index contributed by atoms with van der Waals surface area (Å²) in [6, 6.07) is 5.62. The van der Waals surface area contributed by atoms with Crippen molar-refractivity contribution >= 4 is 11.8 Å². The van der Waals surface area contributed by atoms with Gasteiger partial charge in [0, 0.05) is 11.6 Å². The van der Waals surface area contributed by atoms with E-state index in [9.17, 15) is 5.11 Å². The zero-order valence-corrected chi connectivity index (χ0v) is 10.9. The second kappa shape index (κ2) is 6.17. The maximum Gasteiger partial charge on any atom is 0.127 e. The standard InChI is InChI=1S/C13H19NO2S/c1-2-17-7-3-6-14-12-9-16-13-8-10(15)4-5-11(12)13/h4-5,8,12,14-15H,2-3,6-7,9H2,1H3. The van der Waals surface area contributed by atoms with Crippen LogP contribution in [0, 0.1) is 0 Å². The monoisotopic (exact) mass is 253 g/mol. The van der Waals surface area contributed by atoms with Gasteiger partial charge in [-0.15, -0.1) is 0 Å². The van der Waals surface area contributed by atoms with Crippen molar-refractivity contribution < 1.29 is 9.84 Å². The van der Waals surface area contributed by atoms with Crippen LogP contribution in [0.3, 0.4) is 0 Å². The van der Waals surface area contributed by atoms with Crippen LogP contribution in [0.15, 0.2) is 18.2 Å². The van der Waals surface area contributed by atoms with E-state index < -0.39 is 0 Å². The Hall–Kier alpha value is -0.870. The van der Waals surface area contributed by atoms with Crippen LogP contribution >= 0.6 is 11.8 Å². The fourth-order valence-electron chi connectivity index (χ4n) is 1.96. The SMILES string of the molecule is CCSCCCNC1COc2cc(O)ccc21. The number of ether oxygens (including phenoxy) is 1. The number of hydrogen-bond acceptors (Lipinski definition) is 4. The average Bonchev–Trinajstić information content (AvgIpc) is 2.71. The molecule has 0 saturated carbocycles. The predicted octanol–water partition coefficient (Wildman–Crippen LogP) is 2.56. The molecular formula is C13H19NO2S. The predicted molar refractivity (Wildman–Crippen MR) is 72.0 cm³/mol. The van der Waals surface area contributed by atoms with Gasteiger partial charge in [0.25, 0.3) is 0 Å².